The summed E-state index contributed by atoms with van der Waals surface area (Å²) in [5, 5.41) is 2.95. The van der Waals surface area contributed by atoms with Crippen LogP contribution in [0.1, 0.15) is 34.3 Å². The quantitative estimate of drug-likeness (QED) is 0.805. The number of benzene rings is 2. The molecule has 3 N–H and O–H groups in total. The van der Waals surface area contributed by atoms with E-state index < -0.39 is 0 Å². The highest BCUT2D eigenvalue weighted by Gasteiger charge is 2.22. The molecule has 1 aliphatic rings. The number of rotatable bonds is 6. The van der Waals surface area contributed by atoms with Crippen LogP contribution in [-0.4, -0.2) is 12.5 Å². The van der Waals surface area contributed by atoms with Gasteiger partial charge in [-0.15, -0.1) is 0 Å². The Morgan fingerprint density at radius 3 is 2.83 bits per heavy atom. The van der Waals surface area contributed by atoms with Crippen molar-refractivity contribution in [2.75, 3.05) is 12.3 Å². The summed E-state index contributed by atoms with van der Waals surface area (Å²) in [5.74, 6) is 1.43. The molecule has 2 aromatic rings. The minimum absolute atomic E-state index is 0.119. The number of hydrogen-bond donors (Lipinski definition) is 2. The lowest BCUT2D eigenvalue weighted by Crippen LogP contribution is -2.24. The summed E-state index contributed by atoms with van der Waals surface area (Å²) in [5.41, 5.74) is 8.88. The van der Waals surface area contributed by atoms with Crippen LogP contribution in [0.5, 0.6) is 5.75 Å². The van der Waals surface area contributed by atoms with Crippen LogP contribution >= 0.6 is 0 Å². The summed E-state index contributed by atoms with van der Waals surface area (Å²) >= 11 is 0. The standard InChI is InChI=1S/C19H22N2O2/c1-13-6-9-16(20)10-17(13)19(22)21-11-15-4-2-3-5-18(15)23-12-14-7-8-14/h2-6,9-10,14H,7-8,11-12,20H2,1H3,(H,21,22). The maximum Gasteiger partial charge on any atom is 0.251 e. The number of aryl methyl sites for hydroxylation is 1. The zero-order chi connectivity index (χ0) is 16.2. The minimum atomic E-state index is -0.119. The third-order valence-corrected chi connectivity index (χ3v) is 4.09. The fourth-order valence-electron chi connectivity index (χ4n) is 2.44. The summed E-state index contributed by atoms with van der Waals surface area (Å²) < 4.78 is 5.87. The summed E-state index contributed by atoms with van der Waals surface area (Å²) in [6.07, 6.45) is 2.52. The average molecular weight is 310 g/mol. The van der Waals surface area contributed by atoms with Gasteiger partial charge in [0.2, 0.25) is 0 Å². The second-order valence-corrected chi connectivity index (χ2v) is 6.12. The second kappa shape index (κ2) is 6.73. The first-order chi connectivity index (χ1) is 11.1. The highest BCUT2D eigenvalue weighted by Crippen LogP contribution is 2.30. The van der Waals surface area contributed by atoms with Crippen LogP contribution in [0.25, 0.3) is 0 Å². The fraction of sp³-hybridized carbons (Fsp3) is 0.316. The zero-order valence-corrected chi connectivity index (χ0v) is 13.3. The van der Waals surface area contributed by atoms with Gasteiger partial charge in [0.05, 0.1) is 6.61 Å². The Bertz CT molecular complexity index is 708. The van der Waals surface area contributed by atoms with Crippen molar-refractivity contribution in [2.45, 2.75) is 26.3 Å². The average Bonchev–Trinajstić information content (AvgIpc) is 3.38. The smallest absolute Gasteiger partial charge is 0.251 e. The Hall–Kier alpha value is -2.49. The predicted molar refractivity (Wildman–Crippen MR) is 91.4 cm³/mol. The topological polar surface area (TPSA) is 64.4 Å². The summed E-state index contributed by atoms with van der Waals surface area (Å²) in [4.78, 5) is 12.4. The van der Waals surface area contributed by atoms with Gasteiger partial charge in [0, 0.05) is 23.4 Å². The van der Waals surface area contributed by atoms with Gasteiger partial charge in [-0.1, -0.05) is 24.3 Å². The summed E-state index contributed by atoms with van der Waals surface area (Å²) in [6, 6.07) is 13.2. The first-order valence-electron chi connectivity index (χ1n) is 7.98. The van der Waals surface area contributed by atoms with Crippen LogP contribution in [0, 0.1) is 12.8 Å². The molecule has 1 saturated carbocycles. The number of carbonyl (C=O) groups is 1. The molecule has 0 radical (unpaired) electrons. The van der Waals surface area contributed by atoms with Gasteiger partial charge in [-0.25, -0.2) is 0 Å². The molecule has 1 aliphatic carbocycles. The van der Waals surface area contributed by atoms with Crippen molar-refractivity contribution in [3.8, 4) is 5.75 Å². The first kappa shape index (κ1) is 15.4. The number of nitrogens with two attached hydrogens (primary N) is 1. The molecule has 0 atom stereocenters. The van der Waals surface area contributed by atoms with Gasteiger partial charge in [-0.05, 0) is 49.4 Å². The molecule has 1 fully saturated rings. The SMILES string of the molecule is Cc1ccc(N)cc1C(=O)NCc1ccccc1OCC1CC1. The molecule has 120 valence electrons. The van der Waals surface area contributed by atoms with Gasteiger partial charge in [-0.3, -0.25) is 4.79 Å². The molecule has 0 aromatic heterocycles. The van der Waals surface area contributed by atoms with Gasteiger partial charge >= 0.3 is 0 Å². The van der Waals surface area contributed by atoms with E-state index in [1.165, 1.54) is 12.8 Å². The van der Waals surface area contributed by atoms with E-state index >= 15 is 0 Å². The number of amides is 1. The van der Waals surface area contributed by atoms with E-state index in [-0.39, 0.29) is 5.91 Å². The van der Waals surface area contributed by atoms with Crippen LogP contribution in [0.15, 0.2) is 42.5 Å². The van der Waals surface area contributed by atoms with Crippen molar-refractivity contribution in [3.05, 3.63) is 59.2 Å². The van der Waals surface area contributed by atoms with E-state index in [9.17, 15) is 4.79 Å². The van der Waals surface area contributed by atoms with Crippen LogP contribution in [0.2, 0.25) is 0 Å². The number of anilines is 1. The highest BCUT2D eigenvalue weighted by atomic mass is 16.5. The lowest BCUT2D eigenvalue weighted by Gasteiger charge is -2.13. The molecule has 0 spiro atoms. The van der Waals surface area contributed by atoms with Crippen molar-refractivity contribution < 1.29 is 9.53 Å². The van der Waals surface area contributed by atoms with Crippen LogP contribution < -0.4 is 15.8 Å². The third kappa shape index (κ3) is 4.03. The van der Waals surface area contributed by atoms with Crippen molar-refractivity contribution in [1.29, 1.82) is 0 Å². The second-order valence-electron chi connectivity index (χ2n) is 6.12. The van der Waals surface area contributed by atoms with Gasteiger partial charge in [-0.2, -0.15) is 0 Å². The molecule has 0 heterocycles. The van der Waals surface area contributed by atoms with Gasteiger partial charge < -0.3 is 15.8 Å². The van der Waals surface area contributed by atoms with E-state index in [0.29, 0.717) is 23.7 Å². The van der Waals surface area contributed by atoms with E-state index in [1.54, 1.807) is 12.1 Å². The third-order valence-electron chi connectivity index (χ3n) is 4.09. The maximum absolute atomic E-state index is 12.4. The van der Waals surface area contributed by atoms with Crippen LogP contribution in [-0.2, 0) is 6.54 Å². The molecule has 1 amide bonds. The molecule has 4 nitrogen and oxygen atoms in total. The molecular weight excluding hydrogens is 288 g/mol. The number of ether oxygens (including phenoxy) is 1. The molecule has 23 heavy (non-hydrogen) atoms. The monoisotopic (exact) mass is 310 g/mol. The summed E-state index contributed by atoms with van der Waals surface area (Å²) in [7, 11) is 0. The molecule has 2 aromatic carbocycles. The molecule has 0 saturated heterocycles. The predicted octanol–water partition coefficient (Wildman–Crippen LogP) is 3.30. The number of nitrogens with one attached hydrogen (secondary N) is 1. The van der Waals surface area contributed by atoms with Gasteiger partial charge in [0.25, 0.3) is 5.91 Å². The van der Waals surface area contributed by atoms with Crippen molar-refractivity contribution >= 4 is 11.6 Å². The van der Waals surface area contributed by atoms with Crippen LogP contribution in [0.4, 0.5) is 5.69 Å². The fourth-order valence-corrected chi connectivity index (χ4v) is 2.44. The Labute approximate surface area is 136 Å². The lowest BCUT2D eigenvalue weighted by molar-refractivity contribution is 0.0950. The number of nitrogen functional groups attached to an aromatic ring is 1. The Morgan fingerprint density at radius 1 is 1.26 bits per heavy atom. The van der Waals surface area contributed by atoms with Crippen molar-refractivity contribution in [3.63, 3.8) is 0 Å². The Morgan fingerprint density at radius 2 is 2.04 bits per heavy atom. The number of hydrogen-bond acceptors (Lipinski definition) is 3. The molecule has 0 unspecified atom stereocenters. The van der Waals surface area contributed by atoms with E-state index in [1.807, 2.05) is 37.3 Å². The van der Waals surface area contributed by atoms with E-state index in [2.05, 4.69) is 5.32 Å². The highest BCUT2D eigenvalue weighted by molar-refractivity contribution is 5.96. The van der Waals surface area contributed by atoms with Crippen molar-refractivity contribution in [1.82, 2.24) is 5.32 Å². The van der Waals surface area contributed by atoms with Crippen molar-refractivity contribution in [2.24, 2.45) is 5.92 Å². The summed E-state index contributed by atoms with van der Waals surface area (Å²) in [6.45, 7) is 3.11. The van der Waals surface area contributed by atoms with E-state index in [0.717, 1.165) is 23.5 Å². The molecule has 4 heteroatoms. The molecule has 3 rings (SSSR count). The van der Waals surface area contributed by atoms with Gasteiger partial charge in [0.15, 0.2) is 0 Å². The van der Waals surface area contributed by atoms with Gasteiger partial charge in [0.1, 0.15) is 5.75 Å². The van der Waals surface area contributed by atoms with E-state index in [4.69, 9.17) is 10.5 Å². The molecule has 0 bridgehead atoms. The Kier molecular flexibility index (Phi) is 4.51. The Balaban J connectivity index is 1.65. The number of para-hydroxylation sites is 1. The molecular formula is C19H22N2O2. The first-order valence-corrected chi connectivity index (χ1v) is 7.98. The molecule has 0 aliphatic heterocycles. The maximum atomic E-state index is 12.4. The lowest BCUT2D eigenvalue weighted by atomic mass is 10.1. The number of carbonyl (C=O) groups excluding carboxylic acids is 1. The van der Waals surface area contributed by atoms with Crippen LogP contribution in [0.3, 0.4) is 0 Å². The largest absolute Gasteiger partial charge is 0.493 e. The normalized spacial score (nSPS) is 13.6. The zero-order valence-electron chi connectivity index (χ0n) is 13.3. The minimum Gasteiger partial charge on any atom is -0.493 e.